The van der Waals surface area contributed by atoms with Crippen LogP contribution in [-0.4, -0.2) is 50.2 Å². The third-order valence-electron chi connectivity index (χ3n) is 2.96. The maximum Gasteiger partial charge on any atom is 0.325 e. The molecule has 21 heavy (non-hydrogen) atoms. The van der Waals surface area contributed by atoms with Gasteiger partial charge in [0.15, 0.2) is 6.10 Å². The van der Waals surface area contributed by atoms with Crippen LogP contribution in [0, 0.1) is 0 Å². The van der Waals surface area contributed by atoms with Gasteiger partial charge in [0, 0.05) is 6.54 Å². The Balaban J connectivity index is 2.65. The zero-order valence-corrected chi connectivity index (χ0v) is 12.8. The quantitative estimate of drug-likeness (QED) is 0.713. The number of amides is 1. The van der Waals surface area contributed by atoms with Gasteiger partial charge in [0.2, 0.25) is 0 Å². The Labute approximate surface area is 124 Å². The van der Waals surface area contributed by atoms with Gasteiger partial charge in [-0.15, -0.1) is 0 Å². The summed E-state index contributed by atoms with van der Waals surface area (Å²) in [5, 5.41) is 0. The normalized spacial score (nSPS) is 11.4. The van der Waals surface area contributed by atoms with Crippen molar-refractivity contribution in [2.24, 2.45) is 0 Å². The molecular weight excluding hydrogens is 274 g/mol. The number of hydrogen-bond donors (Lipinski definition) is 0. The van der Waals surface area contributed by atoms with Crippen LogP contribution in [0.5, 0.6) is 11.5 Å². The Bertz CT molecular complexity index is 471. The van der Waals surface area contributed by atoms with Crippen molar-refractivity contribution in [1.82, 2.24) is 4.90 Å². The second kappa shape index (κ2) is 8.14. The van der Waals surface area contributed by atoms with E-state index in [2.05, 4.69) is 4.74 Å². The van der Waals surface area contributed by atoms with E-state index in [9.17, 15) is 9.59 Å². The van der Waals surface area contributed by atoms with Crippen molar-refractivity contribution in [2.75, 3.05) is 27.3 Å². The maximum absolute atomic E-state index is 12.2. The number of carbonyl (C=O) groups is 2. The number of nitrogens with zero attached hydrogens (tertiary/aromatic N) is 1. The molecule has 1 aromatic rings. The number of rotatable bonds is 7. The fourth-order valence-electron chi connectivity index (χ4n) is 1.73. The molecule has 0 saturated carbocycles. The minimum absolute atomic E-state index is 0.0812. The summed E-state index contributed by atoms with van der Waals surface area (Å²) in [6, 6.07) is 6.94. The summed E-state index contributed by atoms with van der Waals surface area (Å²) < 4.78 is 15.2. The fraction of sp³-hybridized carbons (Fsp3) is 0.467. The molecule has 0 bridgehead atoms. The smallest absolute Gasteiger partial charge is 0.325 e. The molecule has 0 saturated heterocycles. The average molecular weight is 295 g/mol. The van der Waals surface area contributed by atoms with Crippen molar-refractivity contribution in [3.8, 4) is 11.5 Å². The lowest BCUT2D eigenvalue weighted by molar-refractivity contribution is -0.149. The topological polar surface area (TPSA) is 65.1 Å². The van der Waals surface area contributed by atoms with Crippen molar-refractivity contribution < 1.29 is 23.8 Å². The van der Waals surface area contributed by atoms with Gasteiger partial charge in [-0.1, -0.05) is 0 Å². The highest BCUT2D eigenvalue weighted by Gasteiger charge is 2.23. The Kier molecular flexibility index (Phi) is 6.52. The van der Waals surface area contributed by atoms with E-state index in [-0.39, 0.29) is 12.5 Å². The molecule has 1 aromatic carbocycles. The molecule has 0 aromatic heterocycles. The Morgan fingerprint density at radius 2 is 1.71 bits per heavy atom. The maximum atomic E-state index is 12.2. The summed E-state index contributed by atoms with van der Waals surface area (Å²) in [4.78, 5) is 24.9. The molecule has 0 aliphatic carbocycles. The van der Waals surface area contributed by atoms with Gasteiger partial charge in [0.05, 0.1) is 14.2 Å². The monoisotopic (exact) mass is 295 g/mol. The zero-order valence-electron chi connectivity index (χ0n) is 12.8. The van der Waals surface area contributed by atoms with Crippen molar-refractivity contribution >= 4 is 11.9 Å². The third kappa shape index (κ3) is 4.98. The van der Waals surface area contributed by atoms with Gasteiger partial charge in [-0.25, -0.2) is 0 Å². The van der Waals surface area contributed by atoms with Crippen LogP contribution in [0.15, 0.2) is 24.3 Å². The van der Waals surface area contributed by atoms with Gasteiger partial charge in [0.25, 0.3) is 5.91 Å². The number of benzene rings is 1. The second-order valence-electron chi connectivity index (χ2n) is 4.36. The van der Waals surface area contributed by atoms with Crippen LogP contribution in [0.3, 0.4) is 0 Å². The summed E-state index contributed by atoms with van der Waals surface area (Å²) in [7, 11) is 2.87. The van der Waals surface area contributed by atoms with Gasteiger partial charge in [-0.05, 0) is 38.1 Å². The van der Waals surface area contributed by atoms with Crippen LogP contribution in [0.4, 0.5) is 0 Å². The van der Waals surface area contributed by atoms with E-state index in [0.29, 0.717) is 18.0 Å². The predicted octanol–water partition coefficient (Wildman–Crippen LogP) is 1.48. The van der Waals surface area contributed by atoms with Gasteiger partial charge in [-0.2, -0.15) is 0 Å². The summed E-state index contributed by atoms with van der Waals surface area (Å²) in [6.45, 7) is 3.76. The van der Waals surface area contributed by atoms with Crippen LogP contribution in [0.2, 0.25) is 0 Å². The molecule has 0 aliphatic rings. The first-order valence-electron chi connectivity index (χ1n) is 6.68. The molecule has 1 atom stereocenters. The van der Waals surface area contributed by atoms with E-state index in [1.165, 1.54) is 12.0 Å². The summed E-state index contributed by atoms with van der Waals surface area (Å²) in [6.07, 6.45) is -0.692. The van der Waals surface area contributed by atoms with Gasteiger partial charge in [-0.3, -0.25) is 9.59 Å². The molecule has 6 nitrogen and oxygen atoms in total. The Hall–Kier alpha value is -2.24. The molecule has 0 radical (unpaired) electrons. The van der Waals surface area contributed by atoms with Crippen LogP contribution < -0.4 is 9.47 Å². The van der Waals surface area contributed by atoms with E-state index in [1.54, 1.807) is 45.2 Å². The lowest BCUT2D eigenvalue weighted by Gasteiger charge is -2.23. The molecule has 0 heterocycles. The highest BCUT2D eigenvalue weighted by molar-refractivity contribution is 5.85. The van der Waals surface area contributed by atoms with Gasteiger partial charge < -0.3 is 19.1 Å². The molecule has 0 N–H and O–H groups in total. The lowest BCUT2D eigenvalue weighted by Crippen LogP contribution is -2.43. The van der Waals surface area contributed by atoms with E-state index in [1.807, 2.05) is 0 Å². The molecule has 6 heteroatoms. The van der Waals surface area contributed by atoms with Crippen molar-refractivity contribution in [1.29, 1.82) is 0 Å². The number of methoxy groups -OCH3 is 2. The molecule has 0 spiro atoms. The van der Waals surface area contributed by atoms with Gasteiger partial charge >= 0.3 is 5.97 Å². The molecule has 1 amide bonds. The summed E-state index contributed by atoms with van der Waals surface area (Å²) in [5.74, 6) is 0.550. The predicted molar refractivity (Wildman–Crippen MR) is 77.4 cm³/mol. The Morgan fingerprint density at radius 3 is 2.19 bits per heavy atom. The zero-order chi connectivity index (χ0) is 15.8. The lowest BCUT2D eigenvalue weighted by atomic mass is 10.3. The number of carbonyl (C=O) groups excluding carboxylic acids is 2. The second-order valence-corrected chi connectivity index (χ2v) is 4.36. The molecule has 0 fully saturated rings. The highest BCUT2D eigenvalue weighted by Crippen LogP contribution is 2.18. The molecular formula is C15H21NO5. The van der Waals surface area contributed by atoms with Crippen LogP contribution >= 0.6 is 0 Å². The summed E-state index contributed by atoms with van der Waals surface area (Å²) >= 11 is 0. The molecule has 116 valence electrons. The first-order chi connectivity index (χ1) is 10.0. The largest absolute Gasteiger partial charge is 0.497 e. The first kappa shape index (κ1) is 16.8. The number of esters is 1. The molecule has 1 unspecified atom stereocenters. The SMILES string of the molecule is CCN(CC(=O)OC)C(=O)C(C)Oc1ccc(OC)cc1. The van der Waals surface area contributed by atoms with Crippen LogP contribution in [-0.2, 0) is 14.3 Å². The minimum atomic E-state index is -0.692. The highest BCUT2D eigenvalue weighted by atomic mass is 16.5. The van der Waals surface area contributed by atoms with E-state index < -0.39 is 12.1 Å². The van der Waals surface area contributed by atoms with E-state index >= 15 is 0 Å². The van der Waals surface area contributed by atoms with Crippen molar-refractivity contribution in [2.45, 2.75) is 20.0 Å². The average Bonchev–Trinajstić information content (AvgIpc) is 2.52. The van der Waals surface area contributed by atoms with Crippen molar-refractivity contribution in [3.05, 3.63) is 24.3 Å². The van der Waals surface area contributed by atoms with Crippen LogP contribution in [0.1, 0.15) is 13.8 Å². The summed E-state index contributed by atoms with van der Waals surface area (Å²) in [5.41, 5.74) is 0. The van der Waals surface area contributed by atoms with Crippen molar-refractivity contribution in [3.63, 3.8) is 0 Å². The van der Waals surface area contributed by atoms with E-state index in [0.717, 1.165) is 0 Å². The number of ether oxygens (including phenoxy) is 3. The van der Waals surface area contributed by atoms with E-state index in [4.69, 9.17) is 9.47 Å². The standard InChI is InChI=1S/C15H21NO5/c1-5-16(10-14(17)20-4)15(18)11(2)21-13-8-6-12(19-3)7-9-13/h6-9,11H,5,10H2,1-4H3. The first-order valence-corrected chi connectivity index (χ1v) is 6.68. The molecule has 0 aliphatic heterocycles. The third-order valence-corrected chi connectivity index (χ3v) is 2.96. The Morgan fingerprint density at radius 1 is 1.14 bits per heavy atom. The fourth-order valence-corrected chi connectivity index (χ4v) is 1.73. The molecule has 1 rings (SSSR count). The van der Waals surface area contributed by atoms with Gasteiger partial charge in [0.1, 0.15) is 18.0 Å². The van der Waals surface area contributed by atoms with Crippen LogP contribution in [0.25, 0.3) is 0 Å². The number of likely N-dealkylation sites (N-methyl/N-ethyl adjacent to an activating group) is 1. The minimum Gasteiger partial charge on any atom is -0.497 e. The number of hydrogen-bond acceptors (Lipinski definition) is 5.